The number of nitrogens with two attached hydrogens (primary N) is 1. The van der Waals surface area contributed by atoms with E-state index in [0.717, 1.165) is 11.1 Å². The predicted molar refractivity (Wildman–Crippen MR) is 128 cm³/mol. The number of rotatable bonds is 8. The standard InChI is InChI=1S/C25H28ClN3O5/c1-4-31-24(30)25(27)12-11-19(14-25)33-18-8-5-16(6-9-18)23-28-22(29-34-23)17-7-10-21(20(26)13-17)32-15(2)3/h5-10,13,15,19H,4,11-12,14,27H2,1-3H3. The summed E-state index contributed by atoms with van der Waals surface area (Å²) >= 11 is 6.33. The highest BCUT2D eigenvalue weighted by molar-refractivity contribution is 6.32. The highest BCUT2D eigenvalue weighted by Gasteiger charge is 2.44. The quantitative estimate of drug-likeness (QED) is 0.442. The number of ether oxygens (including phenoxy) is 3. The molecule has 1 heterocycles. The van der Waals surface area contributed by atoms with Crippen molar-refractivity contribution in [2.24, 2.45) is 5.73 Å². The Kier molecular flexibility index (Phi) is 7.09. The number of nitrogens with zero attached hydrogens (tertiary/aromatic N) is 2. The number of hydrogen-bond acceptors (Lipinski definition) is 8. The summed E-state index contributed by atoms with van der Waals surface area (Å²) < 4.78 is 22.2. The van der Waals surface area contributed by atoms with Crippen molar-refractivity contribution in [3.63, 3.8) is 0 Å². The number of esters is 1. The van der Waals surface area contributed by atoms with Gasteiger partial charge in [-0.25, -0.2) is 0 Å². The van der Waals surface area contributed by atoms with E-state index in [1.165, 1.54) is 0 Å². The lowest BCUT2D eigenvalue weighted by molar-refractivity contribution is -0.149. The average molecular weight is 486 g/mol. The fourth-order valence-corrected chi connectivity index (χ4v) is 4.13. The molecule has 0 amide bonds. The van der Waals surface area contributed by atoms with E-state index in [2.05, 4.69) is 10.1 Å². The van der Waals surface area contributed by atoms with Crippen LogP contribution in [0.3, 0.4) is 0 Å². The van der Waals surface area contributed by atoms with Crippen LogP contribution in [-0.2, 0) is 9.53 Å². The zero-order chi connectivity index (χ0) is 24.3. The van der Waals surface area contributed by atoms with Crippen LogP contribution in [-0.4, -0.2) is 40.5 Å². The van der Waals surface area contributed by atoms with E-state index in [9.17, 15) is 4.79 Å². The summed E-state index contributed by atoms with van der Waals surface area (Å²) in [5, 5.41) is 4.56. The van der Waals surface area contributed by atoms with Crippen LogP contribution in [0.1, 0.15) is 40.0 Å². The summed E-state index contributed by atoms with van der Waals surface area (Å²) in [5.41, 5.74) is 6.72. The number of aromatic nitrogens is 2. The molecule has 8 nitrogen and oxygen atoms in total. The van der Waals surface area contributed by atoms with Gasteiger partial charge in [-0.05, 0) is 76.1 Å². The van der Waals surface area contributed by atoms with Gasteiger partial charge in [-0.15, -0.1) is 0 Å². The van der Waals surface area contributed by atoms with E-state index in [1.807, 2.05) is 44.2 Å². The summed E-state index contributed by atoms with van der Waals surface area (Å²) in [6.07, 6.45) is 1.52. The van der Waals surface area contributed by atoms with Gasteiger partial charge in [0, 0.05) is 17.5 Å². The summed E-state index contributed by atoms with van der Waals surface area (Å²) in [4.78, 5) is 16.6. The summed E-state index contributed by atoms with van der Waals surface area (Å²) in [5.74, 6) is 1.72. The van der Waals surface area contributed by atoms with Crippen molar-refractivity contribution in [3.05, 3.63) is 47.5 Å². The van der Waals surface area contributed by atoms with E-state index in [0.29, 0.717) is 54.1 Å². The SMILES string of the molecule is CCOC(=O)C1(N)CCC(Oc2ccc(-c3nc(-c4ccc(OC(C)C)c(Cl)c4)no3)cc2)C1. The van der Waals surface area contributed by atoms with Gasteiger partial charge in [0.25, 0.3) is 5.89 Å². The molecule has 3 aromatic rings. The molecule has 1 fully saturated rings. The van der Waals surface area contributed by atoms with E-state index in [-0.39, 0.29) is 18.2 Å². The first kappa shape index (κ1) is 24.0. The molecular formula is C25H28ClN3O5. The number of halogens is 1. The van der Waals surface area contributed by atoms with Gasteiger partial charge in [-0.3, -0.25) is 4.79 Å². The molecule has 2 N–H and O–H groups in total. The minimum absolute atomic E-state index is 0.0242. The van der Waals surface area contributed by atoms with Crippen molar-refractivity contribution in [1.29, 1.82) is 0 Å². The van der Waals surface area contributed by atoms with Gasteiger partial charge in [0.05, 0.1) is 17.7 Å². The zero-order valence-electron chi connectivity index (χ0n) is 19.4. The molecule has 2 atom stereocenters. The third-order valence-electron chi connectivity index (χ3n) is 5.57. The topological polar surface area (TPSA) is 110 Å². The molecule has 1 aliphatic rings. The number of benzene rings is 2. The Bertz CT molecular complexity index is 1150. The second-order valence-electron chi connectivity index (χ2n) is 8.62. The maximum absolute atomic E-state index is 12.1. The Balaban J connectivity index is 1.41. The van der Waals surface area contributed by atoms with Gasteiger partial charge in [-0.1, -0.05) is 16.8 Å². The molecule has 2 aromatic carbocycles. The van der Waals surface area contributed by atoms with E-state index < -0.39 is 5.54 Å². The molecule has 2 unspecified atom stereocenters. The maximum Gasteiger partial charge on any atom is 0.326 e. The van der Waals surface area contributed by atoms with E-state index in [1.54, 1.807) is 19.1 Å². The Labute approximate surface area is 203 Å². The van der Waals surface area contributed by atoms with Gasteiger partial charge >= 0.3 is 5.97 Å². The van der Waals surface area contributed by atoms with Gasteiger partial charge in [0.2, 0.25) is 5.82 Å². The third kappa shape index (κ3) is 5.34. The fraction of sp³-hybridized carbons (Fsp3) is 0.400. The fourth-order valence-electron chi connectivity index (χ4n) is 3.91. The van der Waals surface area contributed by atoms with E-state index in [4.69, 9.17) is 36.1 Å². The van der Waals surface area contributed by atoms with Crippen molar-refractivity contribution >= 4 is 17.6 Å². The van der Waals surface area contributed by atoms with Gasteiger partial charge in [0.15, 0.2) is 0 Å². The molecule has 0 bridgehead atoms. The lowest BCUT2D eigenvalue weighted by atomic mass is 9.99. The zero-order valence-corrected chi connectivity index (χ0v) is 20.2. The Morgan fingerprint density at radius 2 is 1.97 bits per heavy atom. The van der Waals surface area contributed by atoms with Crippen molar-refractivity contribution in [3.8, 4) is 34.3 Å². The van der Waals surface area contributed by atoms with Crippen LogP contribution in [0, 0.1) is 0 Å². The van der Waals surface area contributed by atoms with Gasteiger partial charge < -0.3 is 24.5 Å². The Morgan fingerprint density at radius 1 is 1.24 bits per heavy atom. The first-order chi connectivity index (χ1) is 16.3. The van der Waals surface area contributed by atoms with Crippen LogP contribution in [0.15, 0.2) is 47.0 Å². The lowest BCUT2D eigenvalue weighted by Crippen LogP contribution is -2.47. The summed E-state index contributed by atoms with van der Waals surface area (Å²) in [6, 6.07) is 12.7. The molecule has 0 radical (unpaired) electrons. The smallest absolute Gasteiger partial charge is 0.326 e. The van der Waals surface area contributed by atoms with Crippen molar-refractivity contribution in [2.45, 2.75) is 57.8 Å². The normalized spacial score (nSPS) is 19.9. The monoisotopic (exact) mass is 485 g/mol. The van der Waals surface area contributed by atoms with Crippen LogP contribution in [0.25, 0.3) is 22.8 Å². The third-order valence-corrected chi connectivity index (χ3v) is 5.86. The number of hydrogen-bond donors (Lipinski definition) is 1. The van der Waals surface area contributed by atoms with Crippen LogP contribution < -0.4 is 15.2 Å². The van der Waals surface area contributed by atoms with Crippen LogP contribution in [0.5, 0.6) is 11.5 Å². The van der Waals surface area contributed by atoms with Crippen LogP contribution >= 0.6 is 11.6 Å². The maximum atomic E-state index is 12.1. The number of carbonyl (C=O) groups excluding carboxylic acids is 1. The second kappa shape index (κ2) is 10.0. The second-order valence-corrected chi connectivity index (χ2v) is 9.03. The predicted octanol–water partition coefficient (Wildman–Crippen LogP) is 5.04. The van der Waals surface area contributed by atoms with Crippen molar-refractivity contribution < 1.29 is 23.5 Å². The molecule has 0 aliphatic heterocycles. The summed E-state index contributed by atoms with van der Waals surface area (Å²) in [6.45, 7) is 5.96. The van der Waals surface area contributed by atoms with Gasteiger partial charge in [-0.2, -0.15) is 4.98 Å². The molecular weight excluding hydrogens is 458 g/mol. The number of carbonyl (C=O) groups is 1. The minimum Gasteiger partial charge on any atom is -0.490 e. The highest BCUT2D eigenvalue weighted by Crippen LogP contribution is 2.34. The molecule has 180 valence electrons. The molecule has 0 spiro atoms. The first-order valence-electron chi connectivity index (χ1n) is 11.3. The minimum atomic E-state index is -0.983. The molecule has 1 saturated carbocycles. The lowest BCUT2D eigenvalue weighted by Gasteiger charge is -2.21. The molecule has 1 aromatic heterocycles. The molecule has 9 heteroatoms. The molecule has 34 heavy (non-hydrogen) atoms. The molecule has 0 saturated heterocycles. The molecule has 4 rings (SSSR count). The first-order valence-corrected chi connectivity index (χ1v) is 11.7. The Morgan fingerprint density at radius 3 is 2.65 bits per heavy atom. The average Bonchev–Trinajstić information content (AvgIpc) is 3.44. The highest BCUT2D eigenvalue weighted by atomic mass is 35.5. The van der Waals surface area contributed by atoms with E-state index >= 15 is 0 Å². The van der Waals surface area contributed by atoms with Crippen molar-refractivity contribution in [2.75, 3.05) is 6.61 Å². The Hall–Kier alpha value is -3.10. The van der Waals surface area contributed by atoms with Crippen LogP contribution in [0.4, 0.5) is 0 Å². The molecule has 1 aliphatic carbocycles. The largest absolute Gasteiger partial charge is 0.490 e. The van der Waals surface area contributed by atoms with Crippen LogP contribution in [0.2, 0.25) is 5.02 Å². The van der Waals surface area contributed by atoms with Crippen molar-refractivity contribution in [1.82, 2.24) is 10.1 Å². The van der Waals surface area contributed by atoms with Gasteiger partial charge in [0.1, 0.15) is 23.1 Å². The summed E-state index contributed by atoms with van der Waals surface area (Å²) in [7, 11) is 0.